The maximum Gasteiger partial charge on any atom is 0.471 e. The Balaban J connectivity index is 2.63. The van der Waals surface area contributed by atoms with Crippen LogP contribution in [0.15, 0.2) is 24.3 Å². The zero-order chi connectivity index (χ0) is 43.9. The molecule has 0 aromatic heterocycles. The Morgan fingerprint density at radius 1 is 0.561 bits per heavy atom. The predicted molar refractivity (Wildman–Crippen MR) is 173 cm³/mol. The third-order valence-electron chi connectivity index (χ3n) is 9.99. The first-order valence-corrected chi connectivity index (χ1v) is 17.0. The van der Waals surface area contributed by atoms with E-state index >= 15 is 17.6 Å². The Hall–Kier alpha value is -4.52. The fourth-order valence-corrected chi connectivity index (χ4v) is 6.66. The molecule has 0 aliphatic rings. The van der Waals surface area contributed by atoms with Crippen molar-refractivity contribution in [1.29, 1.82) is 0 Å². The van der Waals surface area contributed by atoms with Crippen LogP contribution in [0.5, 0.6) is 0 Å². The van der Waals surface area contributed by atoms with Crippen molar-refractivity contribution in [2.75, 3.05) is 9.80 Å². The highest BCUT2D eigenvalue weighted by atomic mass is 19.4. The normalized spacial score (nSPS) is 13.8. The summed E-state index contributed by atoms with van der Waals surface area (Å²) in [5, 5.41) is 0. The van der Waals surface area contributed by atoms with Gasteiger partial charge in [-0.25, -0.2) is 43.9 Å². The van der Waals surface area contributed by atoms with Gasteiger partial charge in [0, 0.05) is 0 Å². The van der Waals surface area contributed by atoms with E-state index in [1.54, 1.807) is 0 Å². The fourth-order valence-electron chi connectivity index (χ4n) is 6.66. The van der Waals surface area contributed by atoms with Gasteiger partial charge in [-0.15, -0.1) is 0 Å². The smallest absolute Gasteiger partial charge is 0.292 e. The number of carbonyl (C=O) groups excluding carboxylic acids is 2. The minimum absolute atomic E-state index is 0.0104. The molecule has 0 heterocycles. The third kappa shape index (κ3) is 8.98. The Bertz CT molecular complexity index is 1950. The molecule has 20 heteroatoms. The summed E-state index contributed by atoms with van der Waals surface area (Å²) in [6.07, 6.45) is -13.2. The van der Waals surface area contributed by atoms with Crippen molar-refractivity contribution in [2.24, 2.45) is 10.8 Å². The van der Waals surface area contributed by atoms with Crippen LogP contribution in [0.2, 0.25) is 0 Å². The first kappa shape index (κ1) is 46.9. The molecule has 0 spiro atoms. The van der Waals surface area contributed by atoms with Gasteiger partial charge in [-0.05, 0) is 34.8 Å². The number of amides is 2. The van der Waals surface area contributed by atoms with E-state index in [1.165, 1.54) is 27.7 Å². The topological polar surface area (TPSA) is 40.6 Å². The van der Waals surface area contributed by atoms with Crippen molar-refractivity contribution in [1.82, 2.24) is 0 Å². The van der Waals surface area contributed by atoms with Gasteiger partial charge in [-0.1, -0.05) is 85.1 Å². The van der Waals surface area contributed by atoms with Crippen molar-refractivity contribution in [3.63, 3.8) is 0 Å². The summed E-state index contributed by atoms with van der Waals surface area (Å²) < 4.78 is 234. The second-order valence-electron chi connectivity index (χ2n) is 14.2. The van der Waals surface area contributed by atoms with Crippen molar-refractivity contribution < 1.29 is 79.8 Å². The van der Waals surface area contributed by atoms with Crippen molar-refractivity contribution in [2.45, 2.75) is 98.1 Å². The summed E-state index contributed by atoms with van der Waals surface area (Å²) in [4.78, 5) is 24.8. The predicted octanol–water partition coefficient (Wildman–Crippen LogP) is 12.4. The van der Waals surface area contributed by atoms with Gasteiger partial charge in [-0.2, -0.15) is 26.3 Å². The van der Waals surface area contributed by atoms with E-state index in [0.717, 1.165) is 32.0 Å². The molecule has 0 N–H and O–H groups in total. The highest BCUT2D eigenvalue weighted by molar-refractivity contribution is 5.99. The molecule has 0 aliphatic heterocycles. The van der Waals surface area contributed by atoms with Crippen molar-refractivity contribution >= 4 is 23.2 Å². The highest BCUT2D eigenvalue weighted by Gasteiger charge is 2.53. The number of hydrogen-bond acceptors (Lipinski definition) is 2. The molecule has 4 nitrogen and oxygen atoms in total. The second kappa shape index (κ2) is 16.8. The molecule has 2 amide bonds. The van der Waals surface area contributed by atoms with Crippen LogP contribution in [0.3, 0.4) is 0 Å². The molecule has 3 rings (SSSR count). The van der Waals surface area contributed by atoms with E-state index in [1.807, 2.05) is 0 Å². The van der Waals surface area contributed by atoms with E-state index < -0.39 is 144 Å². The minimum Gasteiger partial charge on any atom is -0.292 e. The summed E-state index contributed by atoms with van der Waals surface area (Å²) in [7, 11) is 0. The number of nitrogens with zero attached hydrogens (tertiary/aromatic N) is 2. The molecule has 316 valence electrons. The van der Waals surface area contributed by atoms with Crippen LogP contribution in [0.4, 0.5) is 81.6 Å². The molecule has 0 saturated carbocycles. The molecule has 2 atom stereocenters. The van der Waals surface area contributed by atoms with Gasteiger partial charge in [0.2, 0.25) is 11.6 Å². The molecule has 0 saturated heterocycles. The zero-order valence-electron chi connectivity index (χ0n) is 30.8. The van der Waals surface area contributed by atoms with Gasteiger partial charge >= 0.3 is 24.2 Å². The van der Waals surface area contributed by atoms with Crippen LogP contribution in [0.1, 0.15) is 96.9 Å². The Labute approximate surface area is 315 Å². The maximum atomic E-state index is 15.4. The SMILES string of the molecule is CCCC(C)(C)C(c1cccc(C(CC(C)(CC)CC)N(C(=O)C(F)(F)F)c2c(F)c(F)c(F)c(F)c2F)c1)N(C(=O)C(F)(F)F)c1c(F)c(F)c(F)c(F)c1F. The van der Waals surface area contributed by atoms with Crippen molar-refractivity contribution in [3.8, 4) is 0 Å². The molecule has 0 aliphatic carbocycles. The fraction of sp³-hybridized carbons (Fsp3) is 0.459. The Morgan fingerprint density at radius 3 is 1.28 bits per heavy atom. The molecule has 3 aromatic rings. The Kier molecular flexibility index (Phi) is 13.8. The average Bonchev–Trinajstić information content (AvgIpc) is 3.13. The number of hydrogen-bond donors (Lipinski definition) is 0. The van der Waals surface area contributed by atoms with E-state index in [2.05, 4.69) is 0 Å². The largest absolute Gasteiger partial charge is 0.471 e. The van der Waals surface area contributed by atoms with Gasteiger partial charge in [-0.3, -0.25) is 19.4 Å². The molecule has 0 radical (unpaired) electrons. The molecular weight excluding hydrogens is 808 g/mol. The van der Waals surface area contributed by atoms with Gasteiger partial charge in [0.25, 0.3) is 0 Å². The molecular formula is C37H34F16N2O2. The lowest BCUT2D eigenvalue weighted by Gasteiger charge is -2.43. The number of alkyl halides is 6. The summed E-state index contributed by atoms with van der Waals surface area (Å²) in [6, 6.07) is -1.74. The monoisotopic (exact) mass is 842 g/mol. The lowest BCUT2D eigenvalue weighted by atomic mass is 9.74. The first-order valence-electron chi connectivity index (χ1n) is 17.0. The van der Waals surface area contributed by atoms with Crippen molar-refractivity contribution in [3.05, 3.63) is 93.6 Å². The van der Waals surface area contributed by atoms with Crippen LogP contribution >= 0.6 is 0 Å². The van der Waals surface area contributed by atoms with Crippen LogP contribution < -0.4 is 9.80 Å². The third-order valence-corrected chi connectivity index (χ3v) is 9.99. The standard InChI is InChI=1S/C37H34F16N2O2/c1-7-13-34(4,5)31(55(33(57)37(51,52)53)30-27(46)23(42)20(39)24(43)28(30)47)17-12-10-11-16(14-17)18(15-35(6,8-2)9-3)54(32(56)36(48,49)50)29-25(44)21(40)19(38)22(41)26(29)45/h10-12,14,18,31H,7-9,13,15H2,1-6H3. The van der Waals surface area contributed by atoms with Gasteiger partial charge in [0.1, 0.15) is 11.4 Å². The molecule has 3 aromatic carbocycles. The summed E-state index contributed by atoms with van der Waals surface area (Å²) >= 11 is 0. The lowest BCUT2D eigenvalue weighted by molar-refractivity contribution is -0.171. The van der Waals surface area contributed by atoms with Crippen LogP contribution in [-0.4, -0.2) is 24.2 Å². The number of rotatable bonds is 13. The zero-order valence-corrected chi connectivity index (χ0v) is 30.8. The first-order chi connectivity index (χ1) is 26.0. The summed E-state index contributed by atoms with van der Waals surface area (Å²) in [5.74, 6) is -34.5. The maximum absolute atomic E-state index is 15.4. The summed E-state index contributed by atoms with van der Waals surface area (Å²) in [6.45, 7) is 8.03. The number of benzene rings is 3. The minimum atomic E-state index is -6.10. The molecule has 0 fully saturated rings. The van der Waals surface area contributed by atoms with E-state index in [-0.39, 0.29) is 25.7 Å². The van der Waals surface area contributed by atoms with E-state index in [4.69, 9.17) is 0 Å². The Morgan fingerprint density at radius 2 is 0.912 bits per heavy atom. The quantitative estimate of drug-likeness (QED) is 0.0977. The molecule has 0 bridgehead atoms. The highest BCUT2D eigenvalue weighted by Crippen LogP contribution is 2.50. The van der Waals surface area contributed by atoms with E-state index in [0.29, 0.717) is 6.07 Å². The average molecular weight is 843 g/mol. The summed E-state index contributed by atoms with van der Waals surface area (Å²) in [5.41, 5.74) is -9.33. The van der Waals surface area contributed by atoms with Gasteiger partial charge < -0.3 is 0 Å². The van der Waals surface area contributed by atoms with Gasteiger partial charge in [0.05, 0.1) is 12.1 Å². The second-order valence-corrected chi connectivity index (χ2v) is 14.2. The molecule has 2 unspecified atom stereocenters. The van der Waals surface area contributed by atoms with Crippen LogP contribution in [0, 0.1) is 69.0 Å². The van der Waals surface area contributed by atoms with Crippen LogP contribution in [0.25, 0.3) is 0 Å². The van der Waals surface area contributed by atoms with Gasteiger partial charge in [0.15, 0.2) is 46.5 Å². The number of anilines is 2. The number of carbonyl (C=O) groups is 2. The lowest BCUT2D eigenvalue weighted by Crippen LogP contribution is -2.49. The van der Waals surface area contributed by atoms with E-state index in [9.17, 15) is 62.3 Å². The molecule has 57 heavy (non-hydrogen) atoms. The van der Waals surface area contributed by atoms with Crippen LogP contribution in [-0.2, 0) is 9.59 Å². The number of halogens is 16.